The van der Waals surface area contributed by atoms with Crippen LogP contribution in [0.5, 0.6) is 0 Å². The van der Waals surface area contributed by atoms with Crippen LogP contribution in [-0.2, 0) is 6.54 Å². The van der Waals surface area contributed by atoms with E-state index in [4.69, 9.17) is 0 Å². The average molecular weight is 312 g/mol. The van der Waals surface area contributed by atoms with Crippen molar-refractivity contribution in [2.45, 2.75) is 40.2 Å². The zero-order valence-electron chi connectivity index (χ0n) is 14.0. The Labute approximate surface area is 137 Å². The van der Waals surface area contributed by atoms with Gasteiger partial charge in [0.2, 0.25) is 5.95 Å². The highest BCUT2D eigenvalue weighted by molar-refractivity contribution is 5.92. The maximum absolute atomic E-state index is 12.3. The van der Waals surface area contributed by atoms with Crippen LogP contribution in [0.15, 0.2) is 30.3 Å². The van der Waals surface area contributed by atoms with Crippen LogP contribution in [0.1, 0.15) is 47.1 Å². The second-order valence-corrected chi connectivity index (χ2v) is 5.67. The number of anilines is 1. The first kappa shape index (κ1) is 16.9. The van der Waals surface area contributed by atoms with Gasteiger partial charge in [0.25, 0.3) is 5.91 Å². The van der Waals surface area contributed by atoms with E-state index in [1.807, 2.05) is 32.0 Å². The number of aryl methyl sites for hydroxylation is 2. The highest BCUT2D eigenvalue weighted by Gasteiger charge is 2.10. The van der Waals surface area contributed by atoms with Gasteiger partial charge in [0.1, 0.15) is 5.69 Å². The zero-order chi connectivity index (χ0) is 16.7. The minimum absolute atomic E-state index is 0.185. The molecule has 0 bridgehead atoms. The Kier molecular flexibility index (Phi) is 6.09. The van der Waals surface area contributed by atoms with Crippen molar-refractivity contribution in [2.24, 2.45) is 0 Å². The summed E-state index contributed by atoms with van der Waals surface area (Å²) in [6, 6.07) is 9.78. The number of hydrogen-bond acceptors (Lipinski definition) is 4. The lowest BCUT2D eigenvalue weighted by Crippen LogP contribution is -2.24. The maximum Gasteiger partial charge on any atom is 0.270 e. The number of carbonyl (C=O) groups excluding carboxylic acids is 1. The number of aromatic nitrogens is 2. The molecular weight excluding hydrogens is 288 g/mol. The summed E-state index contributed by atoms with van der Waals surface area (Å²) in [4.78, 5) is 20.9. The lowest BCUT2D eigenvalue weighted by atomic mass is 10.1. The van der Waals surface area contributed by atoms with Crippen molar-refractivity contribution in [1.29, 1.82) is 0 Å². The summed E-state index contributed by atoms with van der Waals surface area (Å²) in [5.74, 6) is 0.328. The molecule has 2 aromatic rings. The van der Waals surface area contributed by atoms with Gasteiger partial charge in [-0.2, -0.15) is 0 Å². The van der Waals surface area contributed by atoms with Crippen molar-refractivity contribution < 1.29 is 4.79 Å². The predicted molar refractivity (Wildman–Crippen MR) is 92.5 cm³/mol. The van der Waals surface area contributed by atoms with Gasteiger partial charge in [-0.1, -0.05) is 43.2 Å². The Bertz CT molecular complexity index is 670. The fourth-order valence-electron chi connectivity index (χ4n) is 2.24. The van der Waals surface area contributed by atoms with Gasteiger partial charge in [0.15, 0.2) is 0 Å². The van der Waals surface area contributed by atoms with Crippen LogP contribution in [0.3, 0.4) is 0 Å². The number of carbonyl (C=O) groups is 1. The first-order chi connectivity index (χ1) is 11.1. The van der Waals surface area contributed by atoms with E-state index in [0.717, 1.165) is 30.6 Å². The van der Waals surface area contributed by atoms with E-state index in [0.29, 0.717) is 18.2 Å². The Morgan fingerprint density at radius 1 is 1.17 bits per heavy atom. The molecule has 2 rings (SSSR count). The van der Waals surface area contributed by atoms with Crippen LogP contribution in [0.25, 0.3) is 0 Å². The molecule has 1 aromatic heterocycles. The van der Waals surface area contributed by atoms with E-state index < -0.39 is 0 Å². The second-order valence-electron chi connectivity index (χ2n) is 5.67. The summed E-state index contributed by atoms with van der Waals surface area (Å²) in [5.41, 5.74) is 3.42. The third-order valence-corrected chi connectivity index (χ3v) is 3.44. The van der Waals surface area contributed by atoms with Gasteiger partial charge < -0.3 is 10.6 Å². The molecule has 23 heavy (non-hydrogen) atoms. The van der Waals surface area contributed by atoms with Gasteiger partial charge in [-0.15, -0.1) is 0 Å². The summed E-state index contributed by atoms with van der Waals surface area (Å²) in [7, 11) is 0. The molecule has 5 nitrogen and oxygen atoms in total. The van der Waals surface area contributed by atoms with E-state index in [1.165, 1.54) is 5.56 Å². The largest absolute Gasteiger partial charge is 0.354 e. The van der Waals surface area contributed by atoms with Gasteiger partial charge in [-0.25, -0.2) is 9.97 Å². The molecule has 1 amide bonds. The van der Waals surface area contributed by atoms with E-state index in [9.17, 15) is 4.79 Å². The standard InChI is InChI=1S/C18H24N4O/c1-4-5-9-19-18-21-14(3)11-16(22-18)17(23)20-12-15-8-6-7-13(2)10-15/h6-8,10-11H,4-5,9,12H2,1-3H3,(H,20,23)(H,19,21,22). The molecule has 0 saturated heterocycles. The first-order valence-electron chi connectivity index (χ1n) is 8.02. The molecule has 0 saturated carbocycles. The van der Waals surface area contributed by atoms with Crippen molar-refractivity contribution >= 4 is 11.9 Å². The topological polar surface area (TPSA) is 66.9 Å². The van der Waals surface area contributed by atoms with E-state index >= 15 is 0 Å². The number of unbranched alkanes of at least 4 members (excludes halogenated alkanes) is 1. The van der Waals surface area contributed by atoms with E-state index in [2.05, 4.69) is 33.6 Å². The smallest absolute Gasteiger partial charge is 0.270 e. The highest BCUT2D eigenvalue weighted by atomic mass is 16.1. The Hall–Kier alpha value is -2.43. The van der Waals surface area contributed by atoms with Gasteiger partial charge in [-0.05, 0) is 31.9 Å². The molecule has 0 aliphatic carbocycles. The zero-order valence-corrected chi connectivity index (χ0v) is 14.0. The fraction of sp³-hybridized carbons (Fsp3) is 0.389. The van der Waals surface area contributed by atoms with Crippen LogP contribution in [-0.4, -0.2) is 22.4 Å². The lowest BCUT2D eigenvalue weighted by molar-refractivity contribution is 0.0945. The monoisotopic (exact) mass is 312 g/mol. The average Bonchev–Trinajstić information content (AvgIpc) is 2.52. The minimum Gasteiger partial charge on any atom is -0.354 e. The van der Waals surface area contributed by atoms with Crippen molar-refractivity contribution in [3.63, 3.8) is 0 Å². The fourth-order valence-corrected chi connectivity index (χ4v) is 2.24. The quantitative estimate of drug-likeness (QED) is 0.770. The van der Waals surface area contributed by atoms with Crippen LogP contribution in [0.4, 0.5) is 5.95 Å². The number of amides is 1. The molecule has 5 heteroatoms. The predicted octanol–water partition coefficient (Wildman–Crippen LogP) is 3.24. The van der Waals surface area contributed by atoms with Crippen LogP contribution in [0, 0.1) is 13.8 Å². The molecule has 0 radical (unpaired) electrons. The van der Waals surface area contributed by atoms with Crippen LogP contribution >= 0.6 is 0 Å². The molecule has 0 aliphatic heterocycles. The molecule has 2 N–H and O–H groups in total. The van der Waals surface area contributed by atoms with E-state index in [-0.39, 0.29) is 5.91 Å². The summed E-state index contributed by atoms with van der Waals surface area (Å²) in [6.45, 7) is 7.33. The van der Waals surface area contributed by atoms with Gasteiger partial charge in [0, 0.05) is 18.8 Å². The van der Waals surface area contributed by atoms with Gasteiger partial charge >= 0.3 is 0 Å². The third-order valence-electron chi connectivity index (χ3n) is 3.44. The summed E-state index contributed by atoms with van der Waals surface area (Å²) >= 11 is 0. The summed E-state index contributed by atoms with van der Waals surface area (Å²) < 4.78 is 0. The number of nitrogens with one attached hydrogen (secondary N) is 2. The van der Waals surface area contributed by atoms with Gasteiger partial charge in [-0.3, -0.25) is 4.79 Å². The van der Waals surface area contributed by atoms with Crippen molar-refractivity contribution in [2.75, 3.05) is 11.9 Å². The summed E-state index contributed by atoms with van der Waals surface area (Å²) in [5, 5.41) is 6.07. The van der Waals surface area contributed by atoms with Crippen molar-refractivity contribution in [3.05, 3.63) is 52.8 Å². The van der Waals surface area contributed by atoms with Gasteiger partial charge in [0.05, 0.1) is 0 Å². The van der Waals surface area contributed by atoms with Crippen LogP contribution < -0.4 is 10.6 Å². The molecule has 0 aliphatic rings. The lowest BCUT2D eigenvalue weighted by Gasteiger charge is -2.09. The Morgan fingerprint density at radius 2 is 2.00 bits per heavy atom. The van der Waals surface area contributed by atoms with Crippen LogP contribution in [0.2, 0.25) is 0 Å². The molecule has 0 unspecified atom stereocenters. The first-order valence-corrected chi connectivity index (χ1v) is 8.02. The molecule has 122 valence electrons. The SMILES string of the molecule is CCCCNc1nc(C)cc(C(=O)NCc2cccc(C)c2)n1. The minimum atomic E-state index is -0.185. The highest BCUT2D eigenvalue weighted by Crippen LogP contribution is 2.07. The number of benzene rings is 1. The molecular formula is C18H24N4O. The third kappa shape index (κ3) is 5.36. The molecule has 0 atom stereocenters. The summed E-state index contributed by atoms with van der Waals surface area (Å²) in [6.07, 6.45) is 2.15. The second kappa shape index (κ2) is 8.27. The number of rotatable bonds is 7. The Balaban J connectivity index is 2.00. The Morgan fingerprint density at radius 3 is 2.74 bits per heavy atom. The van der Waals surface area contributed by atoms with Crippen molar-refractivity contribution in [1.82, 2.24) is 15.3 Å². The maximum atomic E-state index is 12.3. The van der Waals surface area contributed by atoms with Crippen molar-refractivity contribution in [3.8, 4) is 0 Å². The molecule has 0 spiro atoms. The number of hydrogen-bond donors (Lipinski definition) is 2. The molecule has 1 heterocycles. The normalized spacial score (nSPS) is 10.4. The number of nitrogens with zero attached hydrogens (tertiary/aromatic N) is 2. The van der Waals surface area contributed by atoms with E-state index in [1.54, 1.807) is 6.07 Å². The molecule has 1 aromatic carbocycles. The molecule has 0 fully saturated rings.